The molecule has 1 fully saturated rings. The number of benzene rings is 2. The molecule has 2 aromatic rings. The summed E-state index contributed by atoms with van der Waals surface area (Å²) in [6.45, 7) is 2.07. The van der Waals surface area contributed by atoms with Crippen molar-refractivity contribution in [3.05, 3.63) is 48.5 Å². The highest BCUT2D eigenvalue weighted by Crippen LogP contribution is 2.61. The molecule has 2 aliphatic rings. The van der Waals surface area contributed by atoms with Crippen LogP contribution in [0.4, 0.5) is 11.4 Å². The highest BCUT2D eigenvalue weighted by atomic mass is 35.5. The first-order valence-corrected chi connectivity index (χ1v) is 7.39. The maximum atomic E-state index is 6.41. The normalized spacial score (nSPS) is 25.4. The van der Waals surface area contributed by atoms with E-state index in [1.54, 1.807) is 0 Å². The van der Waals surface area contributed by atoms with Gasteiger partial charge in [-0.15, -0.1) is 0 Å². The summed E-state index contributed by atoms with van der Waals surface area (Å²) < 4.78 is 5.25. The van der Waals surface area contributed by atoms with Crippen molar-refractivity contribution in [1.29, 1.82) is 0 Å². The summed E-state index contributed by atoms with van der Waals surface area (Å²) in [6.07, 6.45) is 0. The number of rotatable bonds is 1. The van der Waals surface area contributed by atoms with Crippen LogP contribution in [0.2, 0.25) is 0 Å². The second-order valence-electron chi connectivity index (χ2n) is 5.32. The Labute approximate surface area is 127 Å². The van der Waals surface area contributed by atoms with E-state index in [1.165, 1.54) is 0 Å². The second-order valence-corrected chi connectivity index (χ2v) is 6.76. The summed E-state index contributed by atoms with van der Waals surface area (Å²) in [5, 5.41) is 0. The summed E-state index contributed by atoms with van der Waals surface area (Å²) in [5.74, 6) is 1.90. The van der Waals surface area contributed by atoms with Crippen LogP contribution >= 0.6 is 23.2 Å². The molecule has 0 N–H and O–H groups in total. The first kappa shape index (κ1) is 12.4. The van der Waals surface area contributed by atoms with Crippen LogP contribution < -0.4 is 9.64 Å². The molecule has 1 aliphatic heterocycles. The third kappa shape index (κ3) is 1.58. The quantitative estimate of drug-likeness (QED) is 0.678. The summed E-state index contributed by atoms with van der Waals surface area (Å²) in [7, 11) is 0. The SMILES string of the molecule is C[C@@H]1[C@H](N2c3ccccc3Oc3ccccc32)C1(Cl)Cl. The van der Waals surface area contributed by atoms with Gasteiger partial charge in [0.1, 0.15) is 4.33 Å². The minimum atomic E-state index is -0.711. The molecule has 102 valence electrons. The van der Waals surface area contributed by atoms with Gasteiger partial charge in [-0.05, 0) is 24.3 Å². The number of hydrogen-bond donors (Lipinski definition) is 0. The fourth-order valence-electron chi connectivity index (χ4n) is 2.89. The van der Waals surface area contributed by atoms with Gasteiger partial charge in [0.05, 0.1) is 17.4 Å². The van der Waals surface area contributed by atoms with E-state index in [0.29, 0.717) is 0 Å². The van der Waals surface area contributed by atoms with E-state index in [9.17, 15) is 0 Å². The zero-order chi connectivity index (χ0) is 13.9. The number of hydrogen-bond acceptors (Lipinski definition) is 2. The van der Waals surface area contributed by atoms with Crippen molar-refractivity contribution in [2.75, 3.05) is 4.90 Å². The van der Waals surface area contributed by atoms with Gasteiger partial charge < -0.3 is 9.64 Å². The van der Waals surface area contributed by atoms with Crippen LogP contribution in [0.3, 0.4) is 0 Å². The Bertz CT molecular complexity index is 640. The third-order valence-electron chi connectivity index (χ3n) is 4.11. The number of halogens is 2. The van der Waals surface area contributed by atoms with Gasteiger partial charge in [-0.1, -0.05) is 54.4 Å². The zero-order valence-corrected chi connectivity index (χ0v) is 12.4. The van der Waals surface area contributed by atoms with Crippen LogP contribution in [-0.4, -0.2) is 10.4 Å². The van der Waals surface area contributed by atoms with Crippen molar-refractivity contribution in [2.24, 2.45) is 5.92 Å². The summed E-state index contributed by atoms with van der Waals surface area (Å²) in [5.41, 5.74) is 2.04. The molecule has 0 bridgehead atoms. The number of fused-ring (bicyclic) bond motifs is 2. The van der Waals surface area contributed by atoms with Gasteiger partial charge >= 0.3 is 0 Å². The third-order valence-corrected chi connectivity index (χ3v) is 5.25. The average Bonchev–Trinajstić information content (AvgIpc) is 2.94. The Hall–Kier alpha value is -1.38. The van der Waals surface area contributed by atoms with Crippen LogP contribution in [-0.2, 0) is 0 Å². The highest BCUT2D eigenvalue weighted by Gasteiger charge is 2.64. The monoisotopic (exact) mass is 305 g/mol. The number of alkyl halides is 2. The van der Waals surface area contributed by atoms with E-state index in [2.05, 4.69) is 11.8 Å². The van der Waals surface area contributed by atoms with Gasteiger partial charge in [-0.2, -0.15) is 0 Å². The van der Waals surface area contributed by atoms with Crippen LogP contribution in [0.25, 0.3) is 0 Å². The van der Waals surface area contributed by atoms with Gasteiger partial charge in [0, 0.05) is 5.92 Å². The lowest BCUT2D eigenvalue weighted by molar-refractivity contribution is 0.472. The van der Waals surface area contributed by atoms with E-state index in [1.807, 2.05) is 48.5 Å². The molecule has 0 spiro atoms. The molecule has 0 aromatic heterocycles. The number of ether oxygens (including phenoxy) is 1. The Balaban J connectivity index is 1.90. The standard InChI is InChI=1S/C16H13Cl2NO/c1-10-15(16(10,17)18)19-11-6-2-4-8-13(11)20-14-9-5-3-7-12(14)19/h2-10,15H,1H3/t10-,15+/m1/s1. The molecule has 0 saturated heterocycles. The largest absolute Gasteiger partial charge is 0.453 e. The molecule has 4 rings (SSSR count). The van der Waals surface area contributed by atoms with Gasteiger partial charge in [0.2, 0.25) is 0 Å². The average molecular weight is 306 g/mol. The van der Waals surface area contributed by atoms with Crippen molar-refractivity contribution in [3.8, 4) is 11.5 Å². The fraction of sp³-hybridized carbons (Fsp3) is 0.250. The van der Waals surface area contributed by atoms with E-state index < -0.39 is 4.33 Å². The molecule has 1 aliphatic carbocycles. The van der Waals surface area contributed by atoms with Gasteiger partial charge in [0.25, 0.3) is 0 Å². The lowest BCUT2D eigenvalue weighted by Gasteiger charge is -2.33. The molecule has 0 amide bonds. The van der Waals surface area contributed by atoms with Crippen LogP contribution in [0.5, 0.6) is 11.5 Å². The molecule has 2 nitrogen and oxygen atoms in total. The molecule has 0 radical (unpaired) electrons. The maximum Gasteiger partial charge on any atom is 0.151 e. The van der Waals surface area contributed by atoms with Gasteiger partial charge in [-0.3, -0.25) is 0 Å². The van der Waals surface area contributed by atoms with Crippen molar-refractivity contribution in [2.45, 2.75) is 17.3 Å². The molecule has 4 heteroatoms. The fourth-order valence-corrected chi connectivity index (χ4v) is 3.57. The Kier molecular flexibility index (Phi) is 2.51. The Morgan fingerprint density at radius 2 is 1.40 bits per heavy atom. The number of anilines is 2. The molecule has 2 atom stereocenters. The number of para-hydroxylation sites is 4. The zero-order valence-electron chi connectivity index (χ0n) is 10.9. The van der Waals surface area contributed by atoms with Gasteiger partial charge in [-0.25, -0.2) is 0 Å². The molecular formula is C16H13Cl2NO. The second kappa shape index (κ2) is 4.06. The van der Waals surface area contributed by atoms with E-state index in [4.69, 9.17) is 27.9 Å². The van der Waals surface area contributed by atoms with E-state index in [0.717, 1.165) is 22.9 Å². The topological polar surface area (TPSA) is 12.5 Å². The molecule has 1 saturated carbocycles. The molecule has 0 unspecified atom stereocenters. The lowest BCUT2D eigenvalue weighted by Crippen LogP contribution is -2.27. The number of nitrogens with zero attached hydrogens (tertiary/aromatic N) is 1. The lowest BCUT2D eigenvalue weighted by atomic mass is 10.1. The smallest absolute Gasteiger partial charge is 0.151 e. The molecule has 1 heterocycles. The molecule has 2 aromatic carbocycles. The van der Waals surface area contributed by atoms with Crippen LogP contribution in [0.1, 0.15) is 6.92 Å². The summed E-state index contributed by atoms with van der Waals surface area (Å²) in [4.78, 5) is 2.21. The van der Waals surface area contributed by atoms with E-state index >= 15 is 0 Å². The van der Waals surface area contributed by atoms with Crippen molar-refractivity contribution < 1.29 is 4.74 Å². The predicted molar refractivity (Wildman–Crippen MR) is 82.5 cm³/mol. The minimum absolute atomic E-state index is 0.0667. The van der Waals surface area contributed by atoms with Crippen LogP contribution in [0.15, 0.2) is 48.5 Å². The Morgan fingerprint density at radius 3 is 1.85 bits per heavy atom. The highest BCUT2D eigenvalue weighted by molar-refractivity contribution is 6.52. The maximum absolute atomic E-state index is 6.41. The Morgan fingerprint density at radius 1 is 0.950 bits per heavy atom. The molecule has 20 heavy (non-hydrogen) atoms. The van der Waals surface area contributed by atoms with E-state index in [-0.39, 0.29) is 12.0 Å². The summed E-state index contributed by atoms with van der Waals surface area (Å²) >= 11 is 12.8. The van der Waals surface area contributed by atoms with Crippen molar-refractivity contribution in [1.82, 2.24) is 0 Å². The minimum Gasteiger partial charge on any atom is -0.453 e. The predicted octanol–water partition coefficient (Wildman–Crippen LogP) is 5.12. The first-order valence-electron chi connectivity index (χ1n) is 6.63. The summed E-state index contributed by atoms with van der Waals surface area (Å²) in [6, 6.07) is 16.0. The van der Waals surface area contributed by atoms with Crippen molar-refractivity contribution in [3.63, 3.8) is 0 Å². The van der Waals surface area contributed by atoms with Crippen LogP contribution in [0, 0.1) is 5.92 Å². The first-order chi connectivity index (χ1) is 9.60. The van der Waals surface area contributed by atoms with Crippen molar-refractivity contribution >= 4 is 34.6 Å². The van der Waals surface area contributed by atoms with Gasteiger partial charge in [0.15, 0.2) is 11.5 Å². The molecular weight excluding hydrogens is 293 g/mol.